The van der Waals surface area contributed by atoms with E-state index < -0.39 is 0 Å². The maximum atomic E-state index is 4.53. The number of hydrogen-bond acceptors (Lipinski definition) is 3. The molecular formula is C13H17N3. The number of fused-ring (bicyclic) bond motifs is 1. The molecule has 0 bridgehead atoms. The van der Waals surface area contributed by atoms with Crippen LogP contribution < -0.4 is 10.6 Å². The molecule has 1 aromatic rings. The van der Waals surface area contributed by atoms with Crippen LogP contribution in [0.15, 0.2) is 29.3 Å². The molecule has 0 amide bonds. The van der Waals surface area contributed by atoms with Gasteiger partial charge in [-0.2, -0.15) is 0 Å². The van der Waals surface area contributed by atoms with E-state index in [2.05, 4.69) is 46.8 Å². The number of benzene rings is 1. The number of para-hydroxylation sites is 1. The molecule has 2 aliphatic rings. The Balaban J connectivity index is 1.89. The van der Waals surface area contributed by atoms with E-state index in [4.69, 9.17) is 0 Å². The number of nitrogens with zero attached hydrogens (tertiary/aromatic N) is 1. The molecule has 0 saturated heterocycles. The molecule has 84 valence electrons. The van der Waals surface area contributed by atoms with Crippen LogP contribution in [0.4, 0.5) is 5.69 Å². The largest absolute Gasteiger partial charge is 0.375 e. The minimum absolute atomic E-state index is 0.359. The quantitative estimate of drug-likeness (QED) is 0.747. The van der Waals surface area contributed by atoms with E-state index in [1.54, 1.807) is 0 Å². The van der Waals surface area contributed by atoms with Crippen LogP contribution in [0, 0.1) is 5.92 Å². The Morgan fingerprint density at radius 3 is 3.00 bits per heavy atom. The van der Waals surface area contributed by atoms with Crippen LogP contribution in [0.3, 0.4) is 0 Å². The predicted octanol–water partition coefficient (Wildman–Crippen LogP) is 1.66. The second-order valence-electron chi connectivity index (χ2n) is 4.65. The Bertz CT molecular complexity index is 425. The number of hydrogen-bond donors (Lipinski definition) is 2. The number of nitrogens with one attached hydrogen (secondary N) is 2. The Hall–Kier alpha value is -1.51. The van der Waals surface area contributed by atoms with Gasteiger partial charge in [0.2, 0.25) is 0 Å². The average Bonchev–Trinajstić information content (AvgIpc) is 2.81. The summed E-state index contributed by atoms with van der Waals surface area (Å²) < 4.78 is 0. The standard InChI is InChI=1S/C13H17N3/c1-9-8-10-4-2-3-5-11(10)16-12(9)13-14-6-7-15-13/h2-5,9,12,16H,6-8H2,1H3,(H,14,15). The molecule has 0 radical (unpaired) electrons. The molecule has 2 heterocycles. The van der Waals surface area contributed by atoms with Gasteiger partial charge in [-0.1, -0.05) is 25.1 Å². The fourth-order valence-electron chi connectivity index (χ4n) is 2.58. The van der Waals surface area contributed by atoms with Gasteiger partial charge in [0, 0.05) is 12.2 Å². The van der Waals surface area contributed by atoms with E-state index in [0.29, 0.717) is 12.0 Å². The van der Waals surface area contributed by atoms with Crippen molar-refractivity contribution >= 4 is 11.5 Å². The van der Waals surface area contributed by atoms with Gasteiger partial charge in [0.1, 0.15) is 5.84 Å². The van der Waals surface area contributed by atoms with E-state index >= 15 is 0 Å². The smallest absolute Gasteiger partial charge is 0.119 e. The highest BCUT2D eigenvalue weighted by Crippen LogP contribution is 2.28. The third-order valence-corrected chi connectivity index (χ3v) is 3.43. The molecule has 3 rings (SSSR count). The normalized spacial score (nSPS) is 27.7. The van der Waals surface area contributed by atoms with Crippen LogP contribution in [-0.4, -0.2) is 25.0 Å². The Morgan fingerprint density at radius 2 is 2.19 bits per heavy atom. The first kappa shape index (κ1) is 9.70. The van der Waals surface area contributed by atoms with Crippen molar-refractivity contribution in [3.8, 4) is 0 Å². The lowest BCUT2D eigenvalue weighted by molar-refractivity contribution is 0.537. The van der Waals surface area contributed by atoms with Crippen molar-refractivity contribution in [3.05, 3.63) is 29.8 Å². The molecule has 0 aromatic heterocycles. The van der Waals surface area contributed by atoms with Gasteiger partial charge >= 0.3 is 0 Å². The summed E-state index contributed by atoms with van der Waals surface area (Å²) in [4.78, 5) is 4.53. The van der Waals surface area contributed by atoms with Crippen LogP contribution in [0.25, 0.3) is 0 Å². The fourth-order valence-corrected chi connectivity index (χ4v) is 2.58. The molecule has 0 saturated carbocycles. The lowest BCUT2D eigenvalue weighted by Gasteiger charge is -2.32. The van der Waals surface area contributed by atoms with Crippen LogP contribution in [0.5, 0.6) is 0 Å². The lowest BCUT2D eigenvalue weighted by Crippen LogP contribution is -2.44. The first-order valence-corrected chi connectivity index (χ1v) is 5.97. The summed E-state index contributed by atoms with van der Waals surface area (Å²) in [6.07, 6.45) is 1.13. The number of aliphatic imine (C=N–C) groups is 1. The SMILES string of the molecule is CC1Cc2ccccc2NC1C1=NCCN1. The fraction of sp³-hybridized carbons (Fsp3) is 0.462. The van der Waals surface area contributed by atoms with E-state index in [1.165, 1.54) is 11.3 Å². The van der Waals surface area contributed by atoms with Gasteiger partial charge < -0.3 is 10.6 Å². The van der Waals surface area contributed by atoms with Crippen LogP contribution >= 0.6 is 0 Å². The van der Waals surface area contributed by atoms with Crippen molar-refractivity contribution in [1.29, 1.82) is 0 Å². The average molecular weight is 215 g/mol. The summed E-state index contributed by atoms with van der Waals surface area (Å²) in [5, 5.41) is 6.97. The van der Waals surface area contributed by atoms with Crippen LogP contribution in [0.2, 0.25) is 0 Å². The zero-order valence-corrected chi connectivity index (χ0v) is 9.53. The van der Waals surface area contributed by atoms with Crippen molar-refractivity contribution in [2.24, 2.45) is 10.9 Å². The van der Waals surface area contributed by atoms with E-state index in [-0.39, 0.29) is 0 Å². The minimum atomic E-state index is 0.359. The molecule has 3 heteroatoms. The molecule has 2 N–H and O–H groups in total. The Labute approximate surface area is 96.0 Å². The van der Waals surface area contributed by atoms with E-state index in [1.807, 2.05) is 0 Å². The van der Waals surface area contributed by atoms with Crippen LogP contribution in [-0.2, 0) is 6.42 Å². The monoisotopic (exact) mass is 215 g/mol. The summed E-state index contributed by atoms with van der Waals surface area (Å²) in [7, 11) is 0. The van der Waals surface area contributed by atoms with E-state index in [0.717, 1.165) is 25.3 Å². The molecule has 0 aliphatic carbocycles. The van der Waals surface area contributed by atoms with Crippen molar-refractivity contribution in [1.82, 2.24) is 5.32 Å². The molecule has 16 heavy (non-hydrogen) atoms. The zero-order chi connectivity index (χ0) is 11.0. The molecular weight excluding hydrogens is 198 g/mol. The van der Waals surface area contributed by atoms with Crippen molar-refractivity contribution < 1.29 is 0 Å². The topological polar surface area (TPSA) is 36.4 Å². The molecule has 2 atom stereocenters. The van der Waals surface area contributed by atoms with Gasteiger partial charge in [-0.3, -0.25) is 4.99 Å². The minimum Gasteiger partial charge on any atom is -0.375 e. The summed E-state index contributed by atoms with van der Waals surface area (Å²) in [6, 6.07) is 8.92. The number of anilines is 1. The second-order valence-corrected chi connectivity index (χ2v) is 4.65. The predicted molar refractivity (Wildman–Crippen MR) is 67.0 cm³/mol. The van der Waals surface area contributed by atoms with Gasteiger partial charge in [-0.15, -0.1) is 0 Å². The second kappa shape index (κ2) is 3.81. The maximum Gasteiger partial charge on any atom is 0.119 e. The summed E-state index contributed by atoms with van der Waals surface area (Å²) in [6.45, 7) is 4.19. The van der Waals surface area contributed by atoms with Gasteiger partial charge in [0.15, 0.2) is 0 Å². The molecule has 0 fully saturated rings. The van der Waals surface area contributed by atoms with Gasteiger partial charge in [0.25, 0.3) is 0 Å². The van der Waals surface area contributed by atoms with Gasteiger partial charge in [-0.25, -0.2) is 0 Å². The molecule has 2 unspecified atom stereocenters. The van der Waals surface area contributed by atoms with Crippen molar-refractivity contribution in [3.63, 3.8) is 0 Å². The van der Waals surface area contributed by atoms with Gasteiger partial charge in [-0.05, 0) is 24.0 Å². The van der Waals surface area contributed by atoms with Crippen LogP contribution in [0.1, 0.15) is 12.5 Å². The molecule has 1 aromatic carbocycles. The highest BCUT2D eigenvalue weighted by atomic mass is 15.1. The number of rotatable bonds is 1. The molecule has 0 spiro atoms. The summed E-state index contributed by atoms with van der Waals surface area (Å²) in [5.74, 6) is 1.74. The molecule has 2 aliphatic heterocycles. The lowest BCUT2D eigenvalue weighted by atomic mass is 9.88. The highest BCUT2D eigenvalue weighted by molar-refractivity contribution is 5.92. The first-order valence-electron chi connectivity index (χ1n) is 5.97. The Kier molecular flexibility index (Phi) is 2.31. The summed E-state index contributed by atoms with van der Waals surface area (Å²) >= 11 is 0. The highest BCUT2D eigenvalue weighted by Gasteiger charge is 2.29. The Morgan fingerprint density at radius 1 is 1.31 bits per heavy atom. The third kappa shape index (κ3) is 1.56. The molecule has 3 nitrogen and oxygen atoms in total. The van der Waals surface area contributed by atoms with Gasteiger partial charge in [0.05, 0.1) is 12.6 Å². The zero-order valence-electron chi connectivity index (χ0n) is 9.53. The maximum absolute atomic E-state index is 4.53. The van der Waals surface area contributed by atoms with Crippen molar-refractivity contribution in [2.75, 3.05) is 18.4 Å². The van der Waals surface area contributed by atoms with E-state index in [9.17, 15) is 0 Å². The first-order chi connectivity index (χ1) is 7.84. The number of amidine groups is 1. The third-order valence-electron chi connectivity index (χ3n) is 3.43. The summed E-state index contributed by atoms with van der Waals surface area (Å²) in [5.41, 5.74) is 2.69. The van der Waals surface area contributed by atoms with Crippen molar-refractivity contribution in [2.45, 2.75) is 19.4 Å².